The van der Waals surface area contributed by atoms with Gasteiger partial charge < -0.3 is 24.3 Å². The second kappa shape index (κ2) is 10.6. The van der Waals surface area contributed by atoms with Crippen molar-refractivity contribution in [3.63, 3.8) is 0 Å². The number of benzene rings is 2. The van der Waals surface area contributed by atoms with Crippen LogP contribution in [0.2, 0.25) is 5.02 Å². The van der Waals surface area contributed by atoms with Gasteiger partial charge >= 0.3 is 5.97 Å². The molecule has 1 atom stereocenters. The van der Waals surface area contributed by atoms with Crippen LogP contribution in [0.3, 0.4) is 0 Å². The molecule has 29 heavy (non-hydrogen) atoms. The third kappa shape index (κ3) is 6.29. The van der Waals surface area contributed by atoms with Crippen LogP contribution in [0.25, 0.3) is 0 Å². The van der Waals surface area contributed by atoms with Crippen LogP contribution in [0.4, 0.5) is 5.69 Å². The average molecular weight is 422 g/mol. The third-order valence-electron chi connectivity index (χ3n) is 4.16. The second-order valence-electron chi connectivity index (χ2n) is 6.16. The molecule has 0 aliphatic heterocycles. The van der Waals surface area contributed by atoms with Gasteiger partial charge in [0.05, 0.1) is 27.0 Å². The Morgan fingerprint density at radius 2 is 1.62 bits per heavy atom. The fraction of sp³-hybridized carbons (Fsp3) is 0.333. The van der Waals surface area contributed by atoms with Crippen LogP contribution in [0.15, 0.2) is 36.4 Å². The van der Waals surface area contributed by atoms with Gasteiger partial charge in [0.1, 0.15) is 5.75 Å². The zero-order valence-corrected chi connectivity index (χ0v) is 17.5. The molecule has 1 unspecified atom stereocenters. The summed E-state index contributed by atoms with van der Waals surface area (Å²) < 4.78 is 20.9. The zero-order chi connectivity index (χ0) is 21.4. The highest BCUT2D eigenvalue weighted by Crippen LogP contribution is 2.29. The van der Waals surface area contributed by atoms with Gasteiger partial charge in [0.15, 0.2) is 17.6 Å². The topological polar surface area (TPSA) is 83.1 Å². The third-order valence-corrected chi connectivity index (χ3v) is 4.40. The van der Waals surface area contributed by atoms with E-state index in [1.54, 1.807) is 44.6 Å². The summed E-state index contributed by atoms with van der Waals surface area (Å²) in [6.07, 6.45) is -0.417. The molecule has 7 nitrogen and oxygen atoms in total. The molecule has 0 saturated carbocycles. The van der Waals surface area contributed by atoms with Gasteiger partial charge in [-0.05, 0) is 49.2 Å². The molecule has 156 valence electrons. The molecule has 0 bridgehead atoms. The lowest BCUT2D eigenvalue weighted by atomic mass is 10.1. The van der Waals surface area contributed by atoms with Crippen molar-refractivity contribution in [2.75, 3.05) is 26.6 Å². The van der Waals surface area contributed by atoms with Crippen LogP contribution in [0, 0.1) is 0 Å². The van der Waals surface area contributed by atoms with Gasteiger partial charge in [-0.1, -0.05) is 17.7 Å². The van der Waals surface area contributed by atoms with Crippen molar-refractivity contribution < 1.29 is 28.5 Å². The molecule has 0 spiro atoms. The lowest BCUT2D eigenvalue weighted by Gasteiger charge is -2.15. The Labute approximate surface area is 174 Å². The van der Waals surface area contributed by atoms with Crippen LogP contribution in [-0.4, -0.2) is 39.3 Å². The maximum absolute atomic E-state index is 12.3. The molecule has 1 N–H and O–H groups in total. The maximum Gasteiger partial charge on any atom is 0.306 e. The van der Waals surface area contributed by atoms with Gasteiger partial charge in [0, 0.05) is 11.4 Å². The number of esters is 1. The molecule has 0 fully saturated rings. The molecule has 2 rings (SSSR count). The molecule has 2 aromatic carbocycles. The molecular weight excluding hydrogens is 398 g/mol. The van der Waals surface area contributed by atoms with Crippen molar-refractivity contribution in [2.45, 2.75) is 25.9 Å². The first-order valence-electron chi connectivity index (χ1n) is 8.92. The van der Waals surface area contributed by atoms with Crippen LogP contribution in [-0.2, 0) is 20.7 Å². The minimum Gasteiger partial charge on any atom is -0.495 e. The highest BCUT2D eigenvalue weighted by atomic mass is 35.5. The molecule has 2 aromatic rings. The fourth-order valence-corrected chi connectivity index (χ4v) is 2.78. The van der Waals surface area contributed by atoms with Gasteiger partial charge in [0.2, 0.25) is 0 Å². The van der Waals surface area contributed by atoms with Crippen LogP contribution in [0.5, 0.6) is 17.2 Å². The molecule has 0 radical (unpaired) electrons. The molecule has 1 amide bonds. The molecule has 0 heterocycles. The average Bonchev–Trinajstić information content (AvgIpc) is 2.72. The first kappa shape index (κ1) is 22.4. The van der Waals surface area contributed by atoms with Gasteiger partial charge in [-0.3, -0.25) is 9.59 Å². The second-order valence-corrected chi connectivity index (χ2v) is 6.59. The minimum atomic E-state index is -0.975. The van der Waals surface area contributed by atoms with Gasteiger partial charge in [-0.15, -0.1) is 0 Å². The van der Waals surface area contributed by atoms with E-state index in [1.807, 2.05) is 6.07 Å². The lowest BCUT2D eigenvalue weighted by molar-refractivity contribution is -0.153. The number of amides is 1. The Balaban J connectivity index is 1.90. The summed E-state index contributed by atoms with van der Waals surface area (Å²) in [4.78, 5) is 24.5. The predicted molar refractivity (Wildman–Crippen MR) is 110 cm³/mol. The Morgan fingerprint density at radius 1 is 0.966 bits per heavy atom. The Morgan fingerprint density at radius 3 is 2.28 bits per heavy atom. The standard InChI is InChI=1S/C21H24ClNO6/c1-13(21(25)23-16-12-15(22)7-9-17(16)26-2)29-20(24)10-6-14-5-8-18(27-3)19(11-14)28-4/h5,7-9,11-13H,6,10H2,1-4H3,(H,23,25). The number of nitrogens with one attached hydrogen (secondary N) is 1. The van der Waals surface area contributed by atoms with Crippen LogP contribution in [0.1, 0.15) is 18.9 Å². The molecule has 0 aliphatic carbocycles. The number of methoxy groups -OCH3 is 3. The summed E-state index contributed by atoms with van der Waals surface area (Å²) >= 11 is 5.95. The van der Waals surface area contributed by atoms with Crippen molar-refractivity contribution in [3.05, 3.63) is 47.0 Å². The molecule has 0 aromatic heterocycles. The number of carbonyl (C=O) groups is 2. The van der Waals surface area contributed by atoms with E-state index in [0.29, 0.717) is 34.4 Å². The minimum absolute atomic E-state index is 0.119. The van der Waals surface area contributed by atoms with Crippen molar-refractivity contribution in [3.8, 4) is 17.2 Å². The first-order valence-corrected chi connectivity index (χ1v) is 9.30. The number of ether oxygens (including phenoxy) is 4. The van der Waals surface area contributed by atoms with E-state index >= 15 is 0 Å². The summed E-state index contributed by atoms with van der Waals surface area (Å²) in [7, 11) is 4.59. The number of rotatable bonds is 9. The van der Waals surface area contributed by atoms with Crippen LogP contribution < -0.4 is 19.5 Å². The van der Waals surface area contributed by atoms with E-state index in [9.17, 15) is 9.59 Å². The fourth-order valence-electron chi connectivity index (χ4n) is 2.60. The smallest absolute Gasteiger partial charge is 0.306 e. The SMILES string of the molecule is COc1ccc(Cl)cc1NC(=O)C(C)OC(=O)CCc1ccc(OC)c(OC)c1. The number of hydrogen-bond acceptors (Lipinski definition) is 6. The normalized spacial score (nSPS) is 11.3. The Bertz CT molecular complexity index is 870. The lowest BCUT2D eigenvalue weighted by Crippen LogP contribution is -2.30. The summed E-state index contributed by atoms with van der Waals surface area (Å²) in [6, 6.07) is 10.3. The van der Waals surface area contributed by atoms with E-state index in [1.165, 1.54) is 14.0 Å². The van der Waals surface area contributed by atoms with Gasteiger partial charge in [0.25, 0.3) is 5.91 Å². The summed E-state index contributed by atoms with van der Waals surface area (Å²) in [6.45, 7) is 1.50. The van der Waals surface area contributed by atoms with E-state index < -0.39 is 18.0 Å². The van der Waals surface area contributed by atoms with Crippen molar-refractivity contribution >= 4 is 29.2 Å². The molecule has 0 aliphatic rings. The largest absolute Gasteiger partial charge is 0.495 e. The molecule has 8 heteroatoms. The first-order chi connectivity index (χ1) is 13.9. The quantitative estimate of drug-likeness (QED) is 0.619. The number of aryl methyl sites for hydroxylation is 1. The number of hydrogen-bond donors (Lipinski definition) is 1. The van der Waals surface area contributed by atoms with Crippen molar-refractivity contribution in [1.29, 1.82) is 0 Å². The number of halogens is 1. The zero-order valence-electron chi connectivity index (χ0n) is 16.8. The van der Waals surface area contributed by atoms with Crippen molar-refractivity contribution in [1.82, 2.24) is 0 Å². The highest BCUT2D eigenvalue weighted by Gasteiger charge is 2.19. The van der Waals surface area contributed by atoms with Crippen molar-refractivity contribution in [2.24, 2.45) is 0 Å². The number of anilines is 1. The maximum atomic E-state index is 12.3. The van der Waals surface area contributed by atoms with E-state index in [-0.39, 0.29) is 6.42 Å². The Kier molecular flexibility index (Phi) is 8.15. The Hall–Kier alpha value is -2.93. The summed E-state index contributed by atoms with van der Waals surface area (Å²) in [5.41, 5.74) is 1.29. The van der Waals surface area contributed by atoms with E-state index in [4.69, 9.17) is 30.5 Å². The van der Waals surface area contributed by atoms with E-state index in [2.05, 4.69) is 5.32 Å². The molecular formula is C21H24ClNO6. The highest BCUT2D eigenvalue weighted by molar-refractivity contribution is 6.31. The summed E-state index contributed by atoms with van der Waals surface area (Å²) in [5, 5.41) is 3.10. The van der Waals surface area contributed by atoms with Crippen LogP contribution >= 0.6 is 11.6 Å². The predicted octanol–water partition coefficient (Wildman–Crippen LogP) is 3.87. The van der Waals surface area contributed by atoms with E-state index in [0.717, 1.165) is 5.56 Å². The van der Waals surface area contributed by atoms with Gasteiger partial charge in [-0.2, -0.15) is 0 Å². The monoisotopic (exact) mass is 421 g/mol. The summed E-state index contributed by atoms with van der Waals surface area (Å²) in [5.74, 6) is 0.683. The molecule has 0 saturated heterocycles. The van der Waals surface area contributed by atoms with Gasteiger partial charge in [-0.25, -0.2) is 0 Å². The number of carbonyl (C=O) groups excluding carboxylic acids is 2.